The van der Waals surface area contributed by atoms with E-state index in [1.54, 1.807) is 11.3 Å². The molecule has 0 unspecified atom stereocenters. The van der Waals surface area contributed by atoms with Crippen molar-refractivity contribution in [1.82, 2.24) is 0 Å². The maximum atomic E-state index is 9.57. The Hall–Kier alpha value is -1.87. The first kappa shape index (κ1) is 14.7. The molecule has 5 heteroatoms. The fraction of sp³-hybridized carbons (Fsp3) is 0.389. The highest BCUT2D eigenvalue weighted by Crippen LogP contribution is 2.43. The van der Waals surface area contributed by atoms with Crippen molar-refractivity contribution in [3.63, 3.8) is 0 Å². The third-order valence-electron chi connectivity index (χ3n) is 4.50. The minimum atomic E-state index is -0.443. The number of hydrogen-bond donors (Lipinski definition) is 1. The lowest BCUT2D eigenvalue weighted by Crippen LogP contribution is -2.36. The Labute approximate surface area is 139 Å². The molecular weight excluding hydrogens is 308 g/mol. The second-order valence-electron chi connectivity index (χ2n) is 5.94. The van der Waals surface area contributed by atoms with Crippen LogP contribution < -0.4 is 5.32 Å². The quantitative estimate of drug-likeness (QED) is 0.938. The molecule has 1 aromatic carbocycles. The van der Waals surface area contributed by atoms with Gasteiger partial charge in [0.15, 0.2) is 5.79 Å². The van der Waals surface area contributed by atoms with Gasteiger partial charge in [0.2, 0.25) is 0 Å². The lowest BCUT2D eigenvalue weighted by atomic mass is 9.91. The van der Waals surface area contributed by atoms with Crippen LogP contribution in [0.3, 0.4) is 0 Å². The molecule has 1 aliphatic heterocycles. The van der Waals surface area contributed by atoms with Crippen LogP contribution in [0.5, 0.6) is 0 Å². The predicted molar refractivity (Wildman–Crippen MR) is 89.5 cm³/mol. The first-order valence-corrected chi connectivity index (χ1v) is 8.72. The van der Waals surface area contributed by atoms with Crippen molar-refractivity contribution in [2.24, 2.45) is 0 Å². The molecule has 4 nitrogen and oxygen atoms in total. The third-order valence-corrected chi connectivity index (χ3v) is 5.69. The van der Waals surface area contributed by atoms with Crippen LogP contribution in [0.1, 0.15) is 28.0 Å². The van der Waals surface area contributed by atoms with E-state index in [2.05, 4.69) is 23.5 Å². The summed E-state index contributed by atoms with van der Waals surface area (Å²) in [5.74, 6) is -0.443. The van der Waals surface area contributed by atoms with E-state index in [1.165, 1.54) is 16.0 Å². The summed E-state index contributed by atoms with van der Waals surface area (Å²) in [5.41, 5.74) is 3.19. The summed E-state index contributed by atoms with van der Waals surface area (Å²) in [5, 5.41) is 14.0. The highest BCUT2D eigenvalue weighted by Gasteiger charge is 2.41. The van der Waals surface area contributed by atoms with Gasteiger partial charge in [0.1, 0.15) is 11.1 Å². The van der Waals surface area contributed by atoms with Crippen LogP contribution in [0.2, 0.25) is 0 Å². The number of nitriles is 1. The topological polar surface area (TPSA) is 54.3 Å². The molecule has 1 N–H and O–H groups in total. The molecule has 23 heavy (non-hydrogen) atoms. The molecule has 0 bridgehead atoms. The summed E-state index contributed by atoms with van der Waals surface area (Å²) < 4.78 is 11.7. The van der Waals surface area contributed by atoms with E-state index in [-0.39, 0.29) is 0 Å². The summed E-state index contributed by atoms with van der Waals surface area (Å²) in [6, 6.07) is 12.6. The van der Waals surface area contributed by atoms with Crippen LogP contribution in [0.15, 0.2) is 30.3 Å². The average Bonchev–Trinajstić information content (AvgIpc) is 3.18. The van der Waals surface area contributed by atoms with E-state index in [0.717, 1.165) is 36.4 Å². The molecule has 0 saturated carbocycles. The van der Waals surface area contributed by atoms with Gasteiger partial charge in [-0.2, -0.15) is 5.26 Å². The van der Waals surface area contributed by atoms with Crippen molar-refractivity contribution in [2.75, 3.05) is 18.5 Å². The zero-order valence-corrected chi connectivity index (χ0v) is 13.6. The van der Waals surface area contributed by atoms with Gasteiger partial charge in [-0.05, 0) is 17.5 Å². The van der Waals surface area contributed by atoms with Gasteiger partial charge in [0.05, 0.1) is 18.8 Å². The van der Waals surface area contributed by atoms with Crippen LogP contribution in [-0.4, -0.2) is 19.0 Å². The monoisotopic (exact) mass is 326 g/mol. The van der Waals surface area contributed by atoms with Gasteiger partial charge >= 0.3 is 0 Å². The van der Waals surface area contributed by atoms with Gasteiger partial charge in [-0.3, -0.25) is 0 Å². The van der Waals surface area contributed by atoms with E-state index >= 15 is 0 Å². The summed E-state index contributed by atoms with van der Waals surface area (Å²) in [6.45, 7) is 2.07. The van der Waals surface area contributed by atoms with Gasteiger partial charge in [-0.25, -0.2) is 0 Å². The Bertz CT molecular complexity index is 742. The van der Waals surface area contributed by atoms with E-state index in [0.29, 0.717) is 13.2 Å². The van der Waals surface area contributed by atoms with Gasteiger partial charge < -0.3 is 14.8 Å². The standard InChI is InChI=1S/C18H18N2O2S/c19-11-15-14-6-7-18(21-8-9-22-18)10-16(14)23-17(15)20-12-13-4-2-1-3-5-13/h1-5,20H,6-10,12H2. The van der Waals surface area contributed by atoms with Crippen molar-refractivity contribution < 1.29 is 9.47 Å². The molecule has 1 aliphatic carbocycles. The number of hydrogen-bond acceptors (Lipinski definition) is 5. The summed E-state index contributed by atoms with van der Waals surface area (Å²) >= 11 is 1.67. The molecule has 2 aliphatic rings. The molecule has 1 spiro atoms. The van der Waals surface area contributed by atoms with Crippen molar-refractivity contribution in [3.05, 3.63) is 51.9 Å². The summed E-state index contributed by atoms with van der Waals surface area (Å²) in [7, 11) is 0. The maximum absolute atomic E-state index is 9.57. The molecule has 0 atom stereocenters. The second kappa shape index (κ2) is 5.97. The Morgan fingerprint density at radius 3 is 2.74 bits per heavy atom. The average molecular weight is 326 g/mol. The van der Waals surface area contributed by atoms with Gasteiger partial charge in [-0.15, -0.1) is 11.3 Å². The van der Waals surface area contributed by atoms with Crippen LogP contribution in [0.25, 0.3) is 0 Å². The Kier molecular flexibility index (Phi) is 3.82. The smallest absolute Gasteiger partial charge is 0.173 e. The molecule has 1 fully saturated rings. The van der Waals surface area contributed by atoms with Crippen molar-refractivity contribution in [2.45, 2.75) is 31.6 Å². The summed E-state index contributed by atoms with van der Waals surface area (Å²) in [4.78, 5) is 1.23. The Morgan fingerprint density at radius 2 is 2.00 bits per heavy atom. The zero-order chi connectivity index (χ0) is 15.7. The first-order chi connectivity index (χ1) is 11.3. The van der Waals surface area contributed by atoms with Crippen LogP contribution >= 0.6 is 11.3 Å². The van der Waals surface area contributed by atoms with E-state index in [1.807, 2.05) is 18.2 Å². The highest BCUT2D eigenvalue weighted by atomic mass is 32.1. The summed E-state index contributed by atoms with van der Waals surface area (Å²) in [6.07, 6.45) is 2.44. The number of rotatable bonds is 3. The van der Waals surface area contributed by atoms with E-state index < -0.39 is 5.79 Å². The second-order valence-corrected chi connectivity index (χ2v) is 7.05. The molecule has 1 aromatic heterocycles. The maximum Gasteiger partial charge on any atom is 0.173 e. The minimum absolute atomic E-state index is 0.443. The molecule has 2 aromatic rings. The molecule has 0 radical (unpaired) electrons. The number of nitrogens with zero attached hydrogens (tertiary/aromatic N) is 1. The molecule has 4 rings (SSSR count). The van der Waals surface area contributed by atoms with E-state index in [9.17, 15) is 5.26 Å². The Balaban J connectivity index is 1.57. The lowest BCUT2D eigenvalue weighted by Gasteiger charge is -2.31. The Morgan fingerprint density at radius 1 is 1.22 bits per heavy atom. The first-order valence-electron chi connectivity index (χ1n) is 7.90. The highest BCUT2D eigenvalue weighted by molar-refractivity contribution is 7.16. The zero-order valence-electron chi connectivity index (χ0n) is 12.8. The lowest BCUT2D eigenvalue weighted by molar-refractivity contribution is -0.163. The number of thiophene rings is 1. The van der Waals surface area contributed by atoms with Crippen molar-refractivity contribution >= 4 is 16.3 Å². The fourth-order valence-electron chi connectivity index (χ4n) is 3.33. The molecule has 2 heterocycles. The van der Waals surface area contributed by atoms with Crippen LogP contribution in [0, 0.1) is 11.3 Å². The van der Waals surface area contributed by atoms with Crippen LogP contribution in [-0.2, 0) is 28.9 Å². The number of anilines is 1. The molecular formula is C18H18N2O2S. The van der Waals surface area contributed by atoms with Gasteiger partial charge in [0, 0.05) is 24.3 Å². The third kappa shape index (κ3) is 2.74. The SMILES string of the molecule is N#Cc1c(NCc2ccccc2)sc2c1CCC1(C2)OCCO1. The van der Waals surface area contributed by atoms with E-state index in [4.69, 9.17) is 9.47 Å². The largest absolute Gasteiger partial charge is 0.372 e. The van der Waals surface area contributed by atoms with Crippen molar-refractivity contribution in [3.8, 4) is 6.07 Å². The van der Waals surface area contributed by atoms with Gasteiger partial charge in [0.25, 0.3) is 0 Å². The molecule has 1 saturated heterocycles. The number of ether oxygens (including phenoxy) is 2. The molecule has 118 valence electrons. The van der Waals surface area contributed by atoms with Crippen molar-refractivity contribution in [1.29, 1.82) is 5.26 Å². The van der Waals surface area contributed by atoms with Gasteiger partial charge in [-0.1, -0.05) is 30.3 Å². The number of benzene rings is 1. The normalized spacial score (nSPS) is 18.6. The number of fused-ring (bicyclic) bond motifs is 1. The fourth-order valence-corrected chi connectivity index (χ4v) is 4.61. The number of nitrogens with one attached hydrogen (secondary N) is 1. The minimum Gasteiger partial charge on any atom is -0.372 e. The van der Waals surface area contributed by atoms with Crippen LogP contribution in [0.4, 0.5) is 5.00 Å². The predicted octanol–water partition coefficient (Wildman–Crippen LogP) is 3.46. The molecule has 0 amide bonds.